The third kappa shape index (κ3) is 5.03. The number of nitrogens with one attached hydrogen (secondary N) is 2. The van der Waals surface area contributed by atoms with Crippen molar-refractivity contribution < 1.29 is 17.9 Å². The summed E-state index contributed by atoms with van der Waals surface area (Å²) in [4.78, 5) is 11.7. The number of sulfonamides is 1. The quantitative estimate of drug-likeness (QED) is 0.693. The predicted molar refractivity (Wildman–Crippen MR) is 104 cm³/mol. The van der Waals surface area contributed by atoms with Crippen LogP contribution in [0.2, 0.25) is 10.0 Å². The van der Waals surface area contributed by atoms with Crippen molar-refractivity contribution >= 4 is 50.5 Å². The highest BCUT2D eigenvalue weighted by Gasteiger charge is 2.18. The predicted octanol–water partition coefficient (Wildman–Crippen LogP) is 4.54. The number of anilines is 2. The molecule has 0 fully saturated rings. The lowest BCUT2D eigenvalue weighted by atomic mass is 10.3. The Hall–Kier alpha value is -1.96. The van der Waals surface area contributed by atoms with Crippen LogP contribution < -0.4 is 14.8 Å². The molecule has 0 aromatic heterocycles. The van der Waals surface area contributed by atoms with Gasteiger partial charge in [0.2, 0.25) is 5.91 Å². The summed E-state index contributed by atoms with van der Waals surface area (Å²) in [6.45, 7) is 3.87. The molecule has 2 aromatic rings. The lowest BCUT2D eigenvalue weighted by Gasteiger charge is -2.14. The maximum Gasteiger partial charge on any atom is 0.261 e. The fourth-order valence-corrected chi connectivity index (χ4v) is 3.44. The summed E-state index contributed by atoms with van der Waals surface area (Å²) in [5.74, 6) is 0.140. The summed E-state index contributed by atoms with van der Waals surface area (Å²) < 4.78 is 33.1. The summed E-state index contributed by atoms with van der Waals surface area (Å²) in [6, 6.07) is 8.64. The number of carbonyl (C=O) groups is 1. The van der Waals surface area contributed by atoms with Gasteiger partial charge < -0.3 is 10.1 Å². The van der Waals surface area contributed by atoms with Gasteiger partial charge in [-0.2, -0.15) is 0 Å². The van der Waals surface area contributed by atoms with E-state index >= 15 is 0 Å². The molecule has 0 saturated carbocycles. The Morgan fingerprint density at radius 3 is 2.42 bits per heavy atom. The topological polar surface area (TPSA) is 84.5 Å². The van der Waals surface area contributed by atoms with Gasteiger partial charge in [-0.05, 0) is 43.3 Å². The minimum atomic E-state index is -3.90. The molecule has 0 aliphatic carbocycles. The van der Waals surface area contributed by atoms with E-state index in [-0.39, 0.29) is 33.6 Å². The summed E-state index contributed by atoms with van der Waals surface area (Å²) in [6.07, 6.45) is 0.254. The van der Waals surface area contributed by atoms with E-state index in [1.54, 1.807) is 13.8 Å². The Kier molecular flexibility index (Phi) is 6.75. The van der Waals surface area contributed by atoms with Crippen LogP contribution in [0.3, 0.4) is 0 Å². The first-order valence-electron chi connectivity index (χ1n) is 7.81. The SMILES string of the molecule is CCOc1ccc(S(=O)(=O)Nc2ccc(Cl)c(Cl)c2)cc1NC(=O)CC. The molecule has 0 bridgehead atoms. The number of amides is 1. The molecule has 0 unspecified atom stereocenters. The second-order valence-electron chi connectivity index (χ2n) is 5.23. The van der Waals surface area contributed by atoms with Crippen LogP contribution in [0.1, 0.15) is 20.3 Å². The third-order valence-corrected chi connectivity index (χ3v) is 5.45. The van der Waals surface area contributed by atoms with Crippen molar-refractivity contribution in [2.45, 2.75) is 25.2 Å². The number of hydrogen-bond acceptors (Lipinski definition) is 4. The average molecular weight is 417 g/mol. The number of benzene rings is 2. The minimum Gasteiger partial charge on any atom is -0.492 e. The summed E-state index contributed by atoms with van der Waals surface area (Å²) in [5.41, 5.74) is 0.558. The molecule has 0 saturated heterocycles. The van der Waals surface area contributed by atoms with Gasteiger partial charge in [0.1, 0.15) is 5.75 Å². The van der Waals surface area contributed by atoms with Crippen LogP contribution >= 0.6 is 23.2 Å². The highest BCUT2D eigenvalue weighted by Crippen LogP contribution is 2.30. The maximum absolute atomic E-state index is 12.6. The van der Waals surface area contributed by atoms with Crippen LogP contribution in [0.15, 0.2) is 41.3 Å². The van der Waals surface area contributed by atoms with Gasteiger partial charge in [-0.1, -0.05) is 30.1 Å². The molecule has 6 nitrogen and oxygen atoms in total. The average Bonchev–Trinajstić information content (AvgIpc) is 2.59. The first-order valence-corrected chi connectivity index (χ1v) is 10.0. The lowest BCUT2D eigenvalue weighted by molar-refractivity contribution is -0.115. The van der Waals surface area contributed by atoms with Crippen molar-refractivity contribution in [3.05, 3.63) is 46.4 Å². The molecule has 0 radical (unpaired) electrons. The fourth-order valence-electron chi connectivity index (χ4n) is 2.07. The van der Waals surface area contributed by atoms with Crippen molar-refractivity contribution in [2.75, 3.05) is 16.6 Å². The first-order chi connectivity index (χ1) is 12.3. The van der Waals surface area contributed by atoms with Gasteiger partial charge in [-0.3, -0.25) is 9.52 Å². The normalized spacial score (nSPS) is 11.1. The van der Waals surface area contributed by atoms with E-state index in [2.05, 4.69) is 10.0 Å². The molecule has 0 aliphatic heterocycles. The van der Waals surface area contributed by atoms with Crippen LogP contribution in [-0.4, -0.2) is 20.9 Å². The van der Waals surface area contributed by atoms with Crippen molar-refractivity contribution in [3.63, 3.8) is 0 Å². The van der Waals surface area contributed by atoms with E-state index < -0.39 is 10.0 Å². The lowest BCUT2D eigenvalue weighted by Crippen LogP contribution is -2.15. The molecule has 140 valence electrons. The van der Waals surface area contributed by atoms with Crippen LogP contribution in [-0.2, 0) is 14.8 Å². The molecule has 26 heavy (non-hydrogen) atoms. The largest absolute Gasteiger partial charge is 0.492 e. The minimum absolute atomic E-state index is 0.0292. The molecule has 0 atom stereocenters. The van der Waals surface area contributed by atoms with Crippen LogP contribution in [0.5, 0.6) is 5.75 Å². The van der Waals surface area contributed by atoms with Crippen molar-refractivity contribution in [1.29, 1.82) is 0 Å². The number of halogens is 2. The smallest absolute Gasteiger partial charge is 0.261 e. The number of hydrogen-bond donors (Lipinski definition) is 2. The van der Waals surface area contributed by atoms with Gasteiger partial charge in [0, 0.05) is 6.42 Å². The second kappa shape index (κ2) is 8.62. The number of rotatable bonds is 7. The fraction of sp³-hybridized carbons (Fsp3) is 0.235. The molecular formula is C17H18Cl2N2O4S. The molecule has 2 N–H and O–H groups in total. The van der Waals surface area contributed by atoms with Gasteiger partial charge in [0.15, 0.2) is 0 Å². The van der Waals surface area contributed by atoms with Gasteiger partial charge in [-0.25, -0.2) is 8.42 Å². The van der Waals surface area contributed by atoms with Gasteiger partial charge in [0.25, 0.3) is 10.0 Å². The van der Waals surface area contributed by atoms with E-state index in [9.17, 15) is 13.2 Å². The van der Waals surface area contributed by atoms with E-state index in [1.807, 2.05) is 0 Å². The Bertz CT molecular complexity index is 917. The van der Waals surface area contributed by atoms with Crippen molar-refractivity contribution in [2.24, 2.45) is 0 Å². The van der Waals surface area contributed by atoms with Crippen LogP contribution in [0.4, 0.5) is 11.4 Å². The van der Waals surface area contributed by atoms with Gasteiger partial charge in [-0.15, -0.1) is 0 Å². The zero-order valence-electron chi connectivity index (χ0n) is 14.2. The molecule has 2 aromatic carbocycles. The standard InChI is InChI=1S/C17H18Cl2N2O4S/c1-3-17(22)20-15-10-12(6-8-16(15)25-4-2)26(23,24)21-11-5-7-13(18)14(19)9-11/h5-10,21H,3-4H2,1-2H3,(H,20,22). The highest BCUT2D eigenvalue weighted by atomic mass is 35.5. The molecule has 1 amide bonds. The first kappa shape index (κ1) is 20.4. The second-order valence-corrected chi connectivity index (χ2v) is 7.72. The molecule has 2 rings (SSSR count). The molecule has 0 heterocycles. The Morgan fingerprint density at radius 1 is 1.08 bits per heavy atom. The maximum atomic E-state index is 12.6. The monoisotopic (exact) mass is 416 g/mol. The third-order valence-electron chi connectivity index (χ3n) is 3.33. The Morgan fingerprint density at radius 2 is 1.81 bits per heavy atom. The van der Waals surface area contributed by atoms with E-state index in [1.165, 1.54) is 36.4 Å². The molecule has 0 spiro atoms. The summed E-state index contributed by atoms with van der Waals surface area (Å²) in [5, 5.41) is 3.19. The van der Waals surface area contributed by atoms with Crippen LogP contribution in [0.25, 0.3) is 0 Å². The van der Waals surface area contributed by atoms with Crippen molar-refractivity contribution in [3.8, 4) is 5.75 Å². The van der Waals surface area contributed by atoms with Crippen molar-refractivity contribution in [1.82, 2.24) is 0 Å². The zero-order chi connectivity index (χ0) is 19.3. The number of carbonyl (C=O) groups excluding carboxylic acids is 1. The van der Waals surface area contributed by atoms with E-state index in [0.717, 1.165) is 0 Å². The molecule has 0 aliphatic rings. The highest BCUT2D eigenvalue weighted by molar-refractivity contribution is 7.92. The molecule has 9 heteroatoms. The van der Waals surface area contributed by atoms with E-state index in [4.69, 9.17) is 27.9 Å². The number of ether oxygens (including phenoxy) is 1. The van der Waals surface area contributed by atoms with Gasteiger partial charge in [0.05, 0.1) is 32.9 Å². The van der Waals surface area contributed by atoms with Crippen LogP contribution in [0, 0.1) is 0 Å². The van der Waals surface area contributed by atoms with E-state index in [0.29, 0.717) is 17.4 Å². The summed E-state index contributed by atoms with van der Waals surface area (Å²) in [7, 11) is -3.90. The Balaban J connectivity index is 2.37. The van der Waals surface area contributed by atoms with Gasteiger partial charge >= 0.3 is 0 Å². The summed E-state index contributed by atoms with van der Waals surface area (Å²) >= 11 is 11.7. The zero-order valence-corrected chi connectivity index (χ0v) is 16.5. The molecular weight excluding hydrogens is 399 g/mol. The Labute approximate surface area is 162 Å².